The zero-order valence-electron chi connectivity index (χ0n) is 8.36. The third kappa shape index (κ3) is 3.25. The van der Waals surface area contributed by atoms with E-state index >= 15 is 0 Å². The lowest BCUT2D eigenvalue weighted by molar-refractivity contribution is 0.0476. The largest absolute Gasteiger partial charge is 0.374 e. The molecule has 2 unspecified atom stereocenters. The average molecular weight is 207 g/mol. The van der Waals surface area contributed by atoms with Crippen LogP contribution in [0.1, 0.15) is 19.8 Å². The van der Waals surface area contributed by atoms with Gasteiger partial charge in [-0.3, -0.25) is 0 Å². The van der Waals surface area contributed by atoms with E-state index in [-0.39, 0.29) is 12.2 Å². The van der Waals surface area contributed by atoms with Gasteiger partial charge >= 0.3 is 0 Å². The predicted octanol–water partition coefficient (Wildman–Crippen LogP) is 0.445. The van der Waals surface area contributed by atoms with E-state index in [0.29, 0.717) is 6.54 Å². The molecule has 1 saturated heterocycles. The van der Waals surface area contributed by atoms with Gasteiger partial charge in [0.2, 0.25) is 10.0 Å². The van der Waals surface area contributed by atoms with Gasteiger partial charge in [-0.1, -0.05) is 0 Å². The van der Waals surface area contributed by atoms with Crippen molar-refractivity contribution in [1.29, 1.82) is 0 Å². The van der Waals surface area contributed by atoms with Crippen molar-refractivity contribution in [2.45, 2.75) is 32.0 Å². The quantitative estimate of drug-likeness (QED) is 0.675. The Hall–Kier alpha value is -0.130. The van der Waals surface area contributed by atoms with E-state index < -0.39 is 10.0 Å². The number of hydrogen-bond acceptors (Lipinski definition) is 3. The molecule has 1 rings (SSSR count). The van der Waals surface area contributed by atoms with Gasteiger partial charge in [0.1, 0.15) is 0 Å². The molecular weight excluding hydrogens is 190 g/mol. The highest BCUT2D eigenvalue weighted by molar-refractivity contribution is 7.88. The Morgan fingerprint density at radius 2 is 2.08 bits per heavy atom. The Balaban J connectivity index is 2.42. The zero-order chi connectivity index (χ0) is 10.1. The lowest BCUT2D eigenvalue weighted by atomic mass is 10.2. The summed E-state index contributed by atoms with van der Waals surface area (Å²) in [6.07, 6.45) is 3.56. The van der Waals surface area contributed by atoms with Crippen LogP contribution in [0.5, 0.6) is 0 Å². The van der Waals surface area contributed by atoms with Gasteiger partial charge in [-0.15, -0.1) is 0 Å². The summed E-state index contributed by atoms with van der Waals surface area (Å²) >= 11 is 0. The highest BCUT2D eigenvalue weighted by Crippen LogP contribution is 2.19. The molecule has 1 fully saturated rings. The van der Waals surface area contributed by atoms with Crippen molar-refractivity contribution in [2.75, 3.05) is 19.8 Å². The molecule has 78 valence electrons. The highest BCUT2D eigenvalue weighted by Gasteiger charge is 2.25. The smallest absolute Gasteiger partial charge is 0.211 e. The van der Waals surface area contributed by atoms with Crippen LogP contribution >= 0.6 is 0 Å². The molecule has 5 heteroatoms. The maximum atomic E-state index is 11.1. The van der Waals surface area contributed by atoms with Gasteiger partial charge in [0, 0.05) is 13.6 Å². The van der Waals surface area contributed by atoms with E-state index in [1.54, 1.807) is 7.05 Å². The number of sulfonamides is 1. The molecule has 1 heterocycles. The first-order chi connectivity index (χ1) is 5.89. The van der Waals surface area contributed by atoms with E-state index in [0.717, 1.165) is 12.8 Å². The molecule has 0 saturated carbocycles. The third-order valence-corrected chi connectivity index (χ3v) is 3.63. The Bertz CT molecular complexity index is 263. The van der Waals surface area contributed by atoms with Gasteiger partial charge in [0.15, 0.2) is 0 Å². The van der Waals surface area contributed by atoms with E-state index in [9.17, 15) is 8.42 Å². The molecule has 2 atom stereocenters. The van der Waals surface area contributed by atoms with Crippen LogP contribution in [0.4, 0.5) is 0 Å². The van der Waals surface area contributed by atoms with E-state index in [1.165, 1.54) is 10.6 Å². The summed E-state index contributed by atoms with van der Waals surface area (Å²) in [4.78, 5) is 0. The Kier molecular flexibility index (Phi) is 3.32. The first-order valence-corrected chi connectivity index (χ1v) is 6.31. The Morgan fingerprint density at radius 1 is 1.46 bits per heavy atom. The normalized spacial score (nSPS) is 29.8. The molecule has 0 aliphatic carbocycles. The van der Waals surface area contributed by atoms with Crippen LogP contribution < -0.4 is 0 Å². The van der Waals surface area contributed by atoms with E-state index in [2.05, 4.69) is 0 Å². The van der Waals surface area contributed by atoms with Gasteiger partial charge in [0.25, 0.3) is 0 Å². The minimum Gasteiger partial charge on any atom is -0.374 e. The van der Waals surface area contributed by atoms with Crippen molar-refractivity contribution in [3.8, 4) is 0 Å². The van der Waals surface area contributed by atoms with Crippen LogP contribution in [0, 0.1) is 0 Å². The van der Waals surface area contributed by atoms with Crippen LogP contribution in [-0.2, 0) is 14.8 Å². The van der Waals surface area contributed by atoms with Crippen molar-refractivity contribution in [1.82, 2.24) is 4.31 Å². The summed E-state index contributed by atoms with van der Waals surface area (Å²) in [6, 6.07) is 0. The van der Waals surface area contributed by atoms with Gasteiger partial charge in [-0.25, -0.2) is 12.7 Å². The summed E-state index contributed by atoms with van der Waals surface area (Å²) in [7, 11) is -1.47. The molecule has 0 bridgehead atoms. The molecule has 1 aliphatic heterocycles. The molecule has 1 aliphatic rings. The van der Waals surface area contributed by atoms with Crippen LogP contribution in [0.15, 0.2) is 0 Å². The maximum Gasteiger partial charge on any atom is 0.211 e. The van der Waals surface area contributed by atoms with Crippen molar-refractivity contribution in [2.24, 2.45) is 0 Å². The summed E-state index contributed by atoms with van der Waals surface area (Å²) in [5.74, 6) is 0. The van der Waals surface area contributed by atoms with E-state index in [4.69, 9.17) is 4.74 Å². The molecule has 0 N–H and O–H groups in total. The second-order valence-corrected chi connectivity index (χ2v) is 5.78. The molecule has 0 amide bonds. The number of nitrogens with zero attached hydrogens (tertiary/aromatic N) is 1. The number of hydrogen-bond donors (Lipinski definition) is 0. The Labute approximate surface area is 79.9 Å². The lowest BCUT2D eigenvalue weighted by Gasteiger charge is -2.18. The molecule has 0 radical (unpaired) electrons. The fraction of sp³-hybridized carbons (Fsp3) is 1.00. The number of ether oxygens (including phenoxy) is 1. The molecule has 0 aromatic heterocycles. The molecule has 0 aromatic carbocycles. The minimum atomic E-state index is -3.05. The van der Waals surface area contributed by atoms with Crippen LogP contribution in [0.3, 0.4) is 0 Å². The van der Waals surface area contributed by atoms with Crippen LogP contribution in [-0.4, -0.2) is 44.8 Å². The van der Waals surface area contributed by atoms with Crippen molar-refractivity contribution in [3.05, 3.63) is 0 Å². The van der Waals surface area contributed by atoms with Crippen molar-refractivity contribution < 1.29 is 13.2 Å². The summed E-state index contributed by atoms with van der Waals surface area (Å²) in [6.45, 7) is 2.49. The van der Waals surface area contributed by atoms with Crippen molar-refractivity contribution >= 4 is 10.0 Å². The average Bonchev–Trinajstić information content (AvgIpc) is 2.33. The maximum absolute atomic E-state index is 11.1. The molecule has 13 heavy (non-hydrogen) atoms. The van der Waals surface area contributed by atoms with Gasteiger partial charge in [0.05, 0.1) is 18.5 Å². The number of likely N-dealkylation sites (N-methyl/N-ethyl adjacent to an activating group) is 1. The van der Waals surface area contributed by atoms with Gasteiger partial charge < -0.3 is 4.74 Å². The van der Waals surface area contributed by atoms with Gasteiger partial charge in [-0.05, 0) is 19.8 Å². The fourth-order valence-electron chi connectivity index (χ4n) is 1.44. The van der Waals surface area contributed by atoms with E-state index in [1.807, 2.05) is 6.92 Å². The lowest BCUT2D eigenvalue weighted by Crippen LogP contribution is -2.33. The molecule has 0 aromatic rings. The summed E-state index contributed by atoms with van der Waals surface area (Å²) < 4.78 is 29.0. The topological polar surface area (TPSA) is 46.6 Å². The molecule has 0 spiro atoms. The minimum absolute atomic E-state index is 0.0784. The monoisotopic (exact) mass is 207 g/mol. The first-order valence-electron chi connectivity index (χ1n) is 4.46. The predicted molar refractivity (Wildman–Crippen MR) is 51.0 cm³/mol. The van der Waals surface area contributed by atoms with Gasteiger partial charge in [-0.2, -0.15) is 0 Å². The standard InChI is InChI=1S/C8H17NO3S/c1-7-4-5-8(12-7)6-9(2)13(3,10)11/h7-8H,4-6H2,1-3H3. The second kappa shape index (κ2) is 3.94. The molecule has 4 nitrogen and oxygen atoms in total. The van der Waals surface area contributed by atoms with Crippen LogP contribution in [0.2, 0.25) is 0 Å². The SMILES string of the molecule is CC1CCC(CN(C)S(C)(=O)=O)O1. The fourth-order valence-corrected chi connectivity index (χ4v) is 1.88. The molecular formula is C8H17NO3S. The number of rotatable bonds is 3. The zero-order valence-corrected chi connectivity index (χ0v) is 9.17. The van der Waals surface area contributed by atoms with Crippen LogP contribution in [0.25, 0.3) is 0 Å². The highest BCUT2D eigenvalue weighted by atomic mass is 32.2. The third-order valence-electron chi connectivity index (χ3n) is 2.35. The second-order valence-electron chi connectivity index (χ2n) is 3.69. The first kappa shape index (κ1) is 10.9. The summed E-state index contributed by atoms with van der Waals surface area (Å²) in [5.41, 5.74) is 0. The Morgan fingerprint density at radius 3 is 2.46 bits per heavy atom. The summed E-state index contributed by atoms with van der Waals surface area (Å²) in [5, 5.41) is 0. The van der Waals surface area contributed by atoms with Crippen molar-refractivity contribution in [3.63, 3.8) is 0 Å².